The molecule has 2 heteroatoms. The van der Waals surface area contributed by atoms with E-state index < -0.39 is 0 Å². The summed E-state index contributed by atoms with van der Waals surface area (Å²) in [4.78, 5) is 0. The third kappa shape index (κ3) is 3.73. The third-order valence-corrected chi connectivity index (χ3v) is 2.37. The number of aliphatic hydroxyl groups excluding tert-OH is 1. The van der Waals surface area contributed by atoms with Crippen molar-refractivity contribution in [1.29, 1.82) is 0 Å². The molecule has 1 rings (SSSR count). The SMILES string of the molecule is OCCCC[C@@H]1CCCCN1. The molecular formula is C9H19NO. The predicted molar refractivity (Wildman–Crippen MR) is 46.6 cm³/mol. The van der Waals surface area contributed by atoms with Crippen LogP contribution in [0.3, 0.4) is 0 Å². The second-order valence-corrected chi connectivity index (χ2v) is 3.37. The molecule has 0 bridgehead atoms. The van der Waals surface area contributed by atoms with Gasteiger partial charge in [-0.15, -0.1) is 0 Å². The summed E-state index contributed by atoms with van der Waals surface area (Å²) in [6, 6.07) is 0.746. The molecule has 2 N–H and O–H groups in total. The molecule has 0 radical (unpaired) electrons. The molecule has 0 aromatic carbocycles. The Morgan fingerprint density at radius 1 is 1.27 bits per heavy atom. The van der Waals surface area contributed by atoms with Crippen LogP contribution in [-0.2, 0) is 0 Å². The fraction of sp³-hybridized carbons (Fsp3) is 1.00. The zero-order chi connectivity index (χ0) is 7.94. The van der Waals surface area contributed by atoms with Crippen LogP contribution in [0.2, 0.25) is 0 Å². The van der Waals surface area contributed by atoms with Crippen LogP contribution in [0, 0.1) is 0 Å². The van der Waals surface area contributed by atoms with Gasteiger partial charge in [0.2, 0.25) is 0 Å². The summed E-state index contributed by atoms with van der Waals surface area (Å²) >= 11 is 0. The Bertz CT molecular complexity index is 89.6. The van der Waals surface area contributed by atoms with E-state index in [2.05, 4.69) is 5.32 Å². The lowest BCUT2D eigenvalue weighted by Gasteiger charge is -2.23. The first-order valence-electron chi connectivity index (χ1n) is 4.77. The van der Waals surface area contributed by atoms with E-state index in [1.54, 1.807) is 0 Å². The summed E-state index contributed by atoms with van der Waals surface area (Å²) in [5, 5.41) is 12.1. The molecule has 0 amide bonds. The van der Waals surface area contributed by atoms with Gasteiger partial charge in [0.05, 0.1) is 0 Å². The second-order valence-electron chi connectivity index (χ2n) is 3.37. The molecule has 0 aromatic rings. The first kappa shape index (κ1) is 9.01. The van der Waals surface area contributed by atoms with Crippen LogP contribution in [-0.4, -0.2) is 24.3 Å². The lowest BCUT2D eigenvalue weighted by Crippen LogP contribution is -2.33. The van der Waals surface area contributed by atoms with Crippen molar-refractivity contribution in [2.45, 2.75) is 44.6 Å². The van der Waals surface area contributed by atoms with E-state index in [0.29, 0.717) is 6.61 Å². The van der Waals surface area contributed by atoms with Gasteiger partial charge in [0.1, 0.15) is 0 Å². The number of aliphatic hydroxyl groups is 1. The lowest BCUT2D eigenvalue weighted by molar-refractivity contribution is 0.275. The number of piperidine rings is 1. The molecule has 0 unspecified atom stereocenters. The van der Waals surface area contributed by atoms with Crippen molar-refractivity contribution in [1.82, 2.24) is 5.32 Å². The van der Waals surface area contributed by atoms with E-state index in [1.165, 1.54) is 38.6 Å². The quantitative estimate of drug-likeness (QED) is 0.603. The molecule has 1 aliphatic rings. The topological polar surface area (TPSA) is 32.3 Å². The monoisotopic (exact) mass is 157 g/mol. The highest BCUT2D eigenvalue weighted by Gasteiger charge is 2.10. The second kappa shape index (κ2) is 5.56. The number of hydrogen-bond acceptors (Lipinski definition) is 2. The molecule has 1 saturated heterocycles. The minimum Gasteiger partial charge on any atom is -0.396 e. The molecule has 2 nitrogen and oxygen atoms in total. The maximum Gasteiger partial charge on any atom is 0.0431 e. The van der Waals surface area contributed by atoms with Crippen LogP contribution in [0.4, 0.5) is 0 Å². The Morgan fingerprint density at radius 2 is 2.18 bits per heavy atom. The number of unbranched alkanes of at least 4 members (excludes halogenated alkanes) is 1. The van der Waals surface area contributed by atoms with Crippen molar-refractivity contribution < 1.29 is 5.11 Å². The van der Waals surface area contributed by atoms with Gasteiger partial charge in [0, 0.05) is 12.6 Å². The van der Waals surface area contributed by atoms with Crippen LogP contribution in [0.1, 0.15) is 38.5 Å². The minimum absolute atomic E-state index is 0.354. The average molecular weight is 157 g/mol. The maximum atomic E-state index is 8.58. The molecule has 0 aliphatic carbocycles. The molecule has 66 valence electrons. The normalized spacial score (nSPS) is 25.4. The summed E-state index contributed by atoms with van der Waals surface area (Å²) in [5.41, 5.74) is 0. The summed E-state index contributed by atoms with van der Waals surface area (Å²) in [6.07, 6.45) is 7.46. The van der Waals surface area contributed by atoms with E-state index in [0.717, 1.165) is 12.5 Å². The molecule has 0 spiro atoms. The van der Waals surface area contributed by atoms with E-state index in [4.69, 9.17) is 5.11 Å². The fourth-order valence-corrected chi connectivity index (χ4v) is 1.67. The van der Waals surface area contributed by atoms with Gasteiger partial charge in [-0.05, 0) is 38.6 Å². The maximum absolute atomic E-state index is 8.58. The van der Waals surface area contributed by atoms with Crippen molar-refractivity contribution in [3.8, 4) is 0 Å². The summed E-state index contributed by atoms with van der Waals surface area (Å²) < 4.78 is 0. The van der Waals surface area contributed by atoms with Gasteiger partial charge in [-0.3, -0.25) is 0 Å². The number of hydrogen-bond donors (Lipinski definition) is 2. The standard InChI is InChI=1S/C9H19NO/c11-8-4-2-6-9-5-1-3-7-10-9/h9-11H,1-8H2/t9-/m0/s1. The Hall–Kier alpha value is -0.0800. The molecule has 1 heterocycles. The Labute approximate surface area is 69.0 Å². The van der Waals surface area contributed by atoms with Crippen LogP contribution >= 0.6 is 0 Å². The zero-order valence-corrected chi connectivity index (χ0v) is 7.18. The summed E-state index contributed by atoms with van der Waals surface area (Å²) in [5.74, 6) is 0. The van der Waals surface area contributed by atoms with E-state index in [-0.39, 0.29) is 0 Å². The summed E-state index contributed by atoms with van der Waals surface area (Å²) in [7, 11) is 0. The smallest absolute Gasteiger partial charge is 0.0431 e. The zero-order valence-electron chi connectivity index (χ0n) is 7.18. The van der Waals surface area contributed by atoms with E-state index >= 15 is 0 Å². The van der Waals surface area contributed by atoms with Gasteiger partial charge >= 0.3 is 0 Å². The summed E-state index contributed by atoms with van der Waals surface area (Å²) in [6.45, 7) is 1.55. The van der Waals surface area contributed by atoms with Crippen molar-refractivity contribution in [3.05, 3.63) is 0 Å². The highest BCUT2D eigenvalue weighted by Crippen LogP contribution is 2.12. The molecule has 0 saturated carbocycles. The Morgan fingerprint density at radius 3 is 2.82 bits per heavy atom. The van der Waals surface area contributed by atoms with Crippen molar-refractivity contribution in [2.75, 3.05) is 13.2 Å². The Balaban J connectivity index is 1.96. The molecule has 0 aromatic heterocycles. The van der Waals surface area contributed by atoms with Crippen molar-refractivity contribution in [3.63, 3.8) is 0 Å². The third-order valence-electron chi connectivity index (χ3n) is 2.37. The average Bonchev–Trinajstić information content (AvgIpc) is 2.07. The molecule has 1 aliphatic heterocycles. The fourth-order valence-electron chi connectivity index (χ4n) is 1.67. The lowest BCUT2D eigenvalue weighted by atomic mass is 10.00. The minimum atomic E-state index is 0.354. The van der Waals surface area contributed by atoms with E-state index in [1.807, 2.05) is 0 Å². The molecule has 1 fully saturated rings. The molecule has 11 heavy (non-hydrogen) atoms. The largest absolute Gasteiger partial charge is 0.396 e. The molecule has 1 atom stereocenters. The van der Waals surface area contributed by atoms with Crippen LogP contribution < -0.4 is 5.32 Å². The van der Waals surface area contributed by atoms with Gasteiger partial charge < -0.3 is 10.4 Å². The number of nitrogens with one attached hydrogen (secondary N) is 1. The first-order valence-corrected chi connectivity index (χ1v) is 4.77. The van der Waals surface area contributed by atoms with E-state index in [9.17, 15) is 0 Å². The van der Waals surface area contributed by atoms with Crippen molar-refractivity contribution >= 4 is 0 Å². The predicted octanol–water partition coefficient (Wildman–Crippen LogP) is 1.29. The van der Waals surface area contributed by atoms with Gasteiger partial charge in [-0.1, -0.05) is 6.42 Å². The van der Waals surface area contributed by atoms with Crippen LogP contribution in [0.25, 0.3) is 0 Å². The number of rotatable bonds is 4. The van der Waals surface area contributed by atoms with Gasteiger partial charge in [-0.25, -0.2) is 0 Å². The van der Waals surface area contributed by atoms with Crippen LogP contribution in [0.15, 0.2) is 0 Å². The van der Waals surface area contributed by atoms with Gasteiger partial charge in [0.25, 0.3) is 0 Å². The van der Waals surface area contributed by atoms with Crippen LogP contribution in [0.5, 0.6) is 0 Å². The highest BCUT2D eigenvalue weighted by atomic mass is 16.2. The van der Waals surface area contributed by atoms with Crippen molar-refractivity contribution in [2.24, 2.45) is 0 Å². The van der Waals surface area contributed by atoms with Gasteiger partial charge in [0.15, 0.2) is 0 Å². The van der Waals surface area contributed by atoms with Gasteiger partial charge in [-0.2, -0.15) is 0 Å². The highest BCUT2D eigenvalue weighted by molar-refractivity contribution is 4.71. The first-order chi connectivity index (χ1) is 5.43. The Kier molecular flexibility index (Phi) is 4.55. The molecular weight excluding hydrogens is 138 g/mol.